The van der Waals surface area contributed by atoms with Crippen molar-refractivity contribution < 1.29 is 0 Å². The SMILES string of the molecule is Clc1ccc(-n2cnnn2)c(-c2ccc(C(Cc3ccccc3)c3cccc(C4CCNCC4)c3)nc2)c1. The van der Waals surface area contributed by atoms with E-state index in [-0.39, 0.29) is 5.92 Å². The van der Waals surface area contributed by atoms with Crippen molar-refractivity contribution in [2.45, 2.75) is 31.1 Å². The number of tetrazole rings is 1. The monoisotopic (exact) mass is 520 g/mol. The van der Waals surface area contributed by atoms with Gasteiger partial charge in [0.15, 0.2) is 0 Å². The topological polar surface area (TPSA) is 68.5 Å². The fraction of sp³-hybridized carbons (Fsp3) is 0.226. The molecule has 0 aliphatic carbocycles. The van der Waals surface area contributed by atoms with Gasteiger partial charge in [-0.2, -0.15) is 4.68 Å². The van der Waals surface area contributed by atoms with Crippen LogP contribution < -0.4 is 5.32 Å². The van der Waals surface area contributed by atoms with Crippen LogP contribution in [-0.4, -0.2) is 38.3 Å². The van der Waals surface area contributed by atoms with Crippen LogP contribution >= 0.6 is 11.6 Å². The lowest BCUT2D eigenvalue weighted by molar-refractivity contribution is 0.460. The zero-order chi connectivity index (χ0) is 25.7. The van der Waals surface area contributed by atoms with Gasteiger partial charge in [-0.15, -0.1) is 5.10 Å². The minimum atomic E-state index is 0.145. The molecule has 5 aromatic rings. The van der Waals surface area contributed by atoms with Gasteiger partial charge in [0.05, 0.1) is 5.69 Å². The van der Waals surface area contributed by atoms with Gasteiger partial charge in [0, 0.05) is 34.0 Å². The van der Waals surface area contributed by atoms with Crippen LogP contribution in [0.5, 0.6) is 0 Å². The summed E-state index contributed by atoms with van der Waals surface area (Å²) < 4.78 is 1.64. The van der Waals surface area contributed by atoms with Crippen molar-refractivity contribution in [3.63, 3.8) is 0 Å². The van der Waals surface area contributed by atoms with E-state index in [2.05, 4.69) is 87.6 Å². The van der Waals surface area contributed by atoms with Crippen LogP contribution in [0.2, 0.25) is 5.02 Å². The quantitative estimate of drug-likeness (QED) is 0.276. The Hall–Kier alpha value is -3.87. The van der Waals surface area contributed by atoms with Crippen LogP contribution in [0.4, 0.5) is 0 Å². The van der Waals surface area contributed by atoms with Crippen molar-refractivity contribution in [2.24, 2.45) is 0 Å². The summed E-state index contributed by atoms with van der Waals surface area (Å²) in [5.41, 5.74) is 7.83. The maximum Gasteiger partial charge on any atom is 0.143 e. The van der Waals surface area contributed by atoms with E-state index < -0.39 is 0 Å². The molecular weight excluding hydrogens is 492 g/mol. The highest BCUT2D eigenvalue weighted by molar-refractivity contribution is 6.31. The standard InChI is InChI=1S/C31H29ClN6/c32-27-10-12-31(38-21-35-36-37-38)29(19-27)26-9-11-30(34-20-26)28(17-22-5-2-1-3-6-22)25-8-4-7-24(18-25)23-13-15-33-16-14-23/h1-12,18-21,23,28,33H,13-17H2. The second-order valence-corrected chi connectivity index (χ2v) is 10.3. The minimum Gasteiger partial charge on any atom is -0.317 e. The highest BCUT2D eigenvalue weighted by Crippen LogP contribution is 2.34. The maximum atomic E-state index is 6.37. The Morgan fingerprint density at radius 2 is 1.79 bits per heavy atom. The van der Waals surface area contributed by atoms with E-state index in [0.717, 1.165) is 42.0 Å². The van der Waals surface area contributed by atoms with Crippen molar-refractivity contribution in [3.05, 3.63) is 125 Å². The number of hydrogen-bond acceptors (Lipinski definition) is 5. The Kier molecular flexibility index (Phi) is 7.25. The Balaban J connectivity index is 1.36. The molecule has 1 fully saturated rings. The Bertz CT molecular complexity index is 1480. The number of halogens is 1. The molecule has 0 amide bonds. The smallest absolute Gasteiger partial charge is 0.143 e. The van der Waals surface area contributed by atoms with Gasteiger partial charge in [0.1, 0.15) is 6.33 Å². The molecule has 38 heavy (non-hydrogen) atoms. The van der Waals surface area contributed by atoms with Gasteiger partial charge >= 0.3 is 0 Å². The molecule has 6 rings (SSSR count). The Morgan fingerprint density at radius 1 is 0.921 bits per heavy atom. The third kappa shape index (κ3) is 5.37. The Labute approximate surface area is 227 Å². The number of rotatable bonds is 7. The minimum absolute atomic E-state index is 0.145. The van der Waals surface area contributed by atoms with Gasteiger partial charge < -0.3 is 5.32 Å². The molecule has 2 aromatic heterocycles. The number of aromatic nitrogens is 5. The first-order valence-corrected chi connectivity index (χ1v) is 13.5. The maximum absolute atomic E-state index is 6.37. The molecule has 190 valence electrons. The lowest BCUT2D eigenvalue weighted by Gasteiger charge is -2.25. The predicted molar refractivity (Wildman–Crippen MR) is 151 cm³/mol. The molecule has 1 saturated heterocycles. The van der Waals surface area contributed by atoms with Crippen LogP contribution in [0, 0.1) is 0 Å². The summed E-state index contributed by atoms with van der Waals surface area (Å²) in [6, 6.07) is 29.8. The first-order chi connectivity index (χ1) is 18.7. The molecule has 1 aliphatic rings. The van der Waals surface area contributed by atoms with E-state index in [9.17, 15) is 0 Å². The summed E-state index contributed by atoms with van der Waals surface area (Å²) in [5, 5.41) is 15.8. The molecule has 3 aromatic carbocycles. The van der Waals surface area contributed by atoms with E-state index in [1.165, 1.54) is 29.5 Å². The predicted octanol–water partition coefficient (Wildman–Crippen LogP) is 6.22. The third-order valence-corrected chi connectivity index (χ3v) is 7.65. The average Bonchev–Trinajstić information content (AvgIpc) is 3.52. The molecule has 1 aliphatic heterocycles. The lowest BCUT2D eigenvalue weighted by atomic mass is 9.84. The summed E-state index contributed by atoms with van der Waals surface area (Å²) in [6.45, 7) is 2.17. The summed E-state index contributed by atoms with van der Waals surface area (Å²) >= 11 is 6.37. The van der Waals surface area contributed by atoms with Crippen molar-refractivity contribution >= 4 is 11.6 Å². The van der Waals surface area contributed by atoms with Gasteiger partial charge in [-0.25, -0.2) is 0 Å². The molecule has 0 spiro atoms. The second kappa shape index (κ2) is 11.3. The lowest BCUT2D eigenvalue weighted by Crippen LogP contribution is -2.26. The van der Waals surface area contributed by atoms with Gasteiger partial charge in [0.25, 0.3) is 0 Å². The highest BCUT2D eigenvalue weighted by Gasteiger charge is 2.21. The van der Waals surface area contributed by atoms with Crippen LogP contribution in [-0.2, 0) is 6.42 Å². The first kappa shape index (κ1) is 24.5. The Morgan fingerprint density at radius 3 is 2.55 bits per heavy atom. The van der Waals surface area contributed by atoms with Crippen molar-refractivity contribution in [1.29, 1.82) is 0 Å². The molecule has 0 bridgehead atoms. The van der Waals surface area contributed by atoms with E-state index >= 15 is 0 Å². The number of hydrogen-bond donors (Lipinski definition) is 1. The normalized spacial score (nSPS) is 14.9. The second-order valence-electron chi connectivity index (χ2n) is 9.82. The number of nitrogens with zero attached hydrogens (tertiary/aromatic N) is 5. The number of benzene rings is 3. The van der Waals surface area contributed by atoms with Crippen molar-refractivity contribution in [3.8, 4) is 16.8 Å². The summed E-state index contributed by atoms with van der Waals surface area (Å²) in [5.74, 6) is 0.753. The number of pyridine rings is 1. The summed E-state index contributed by atoms with van der Waals surface area (Å²) in [6.07, 6.45) is 6.77. The average molecular weight is 521 g/mol. The van der Waals surface area contributed by atoms with E-state index in [1.54, 1.807) is 11.0 Å². The van der Waals surface area contributed by atoms with Crippen LogP contribution in [0.1, 0.15) is 47.1 Å². The fourth-order valence-corrected chi connectivity index (χ4v) is 5.58. The molecule has 1 N–H and O–H groups in total. The van der Waals surface area contributed by atoms with E-state index in [0.29, 0.717) is 10.9 Å². The van der Waals surface area contributed by atoms with Gasteiger partial charge in [-0.1, -0.05) is 72.3 Å². The van der Waals surface area contributed by atoms with E-state index in [4.69, 9.17) is 16.6 Å². The molecule has 7 heteroatoms. The summed E-state index contributed by atoms with van der Waals surface area (Å²) in [4.78, 5) is 5.01. The molecule has 0 saturated carbocycles. The fourth-order valence-electron chi connectivity index (χ4n) is 5.41. The van der Waals surface area contributed by atoms with Crippen LogP contribution in [0.25, 0.3) is 16.8 Å². The number of piperidine rings is 1. The highest BCUT2D eigenvalue weighted by atomic mass is 35.5. The zero-order valence-corrected chi connectivity index (χ0v) is 21.8. The van der Waals surface area contributed by atoms with Gasteiger partial charge in [-0.05, 0) is 89.7 Å². The van der Waals surface area contributed by atoms with Crippen LogP contribution in [0.3, 0.4) is 0 Å². The zero-order valence-electron chi connectivity index (χ0n) is 21.0. The van der Waals surface area contributed by atoms with Crippen molar-refractivity contribution in [1.82, 2.24) is 30.5 Å². The van der Waals surface area contributed by atoms with Gasteiger partial charge in [-0.3, -0.25) is 4.98 Å². The van der Waals surface area contributed by atoms with E-state index in [1.807, 2.05) is 24.4 Å². The number of nitrogens with one attached hydrogen (secondary N) is 1. The summed E-state index contributed by atoms with van der Waals surface area (Å²) in [7, 11) is 0. The first-order valence-electron chi connectivity index (χ1n) is 13.1. The molecular formula is C31H29ClN6. The third-order valence-electron chi connectivity index (χ3n) is 7.42. The molecule has 6 nitrogen and oxygen atoms in total. The molecule has 0 radical (unpaired) electrons. The van der Waals surface area contributed by atoms with Crippen LogP contribution in [0.15, 0.2) is 97.5 Å². The molecule has 1 unspecified atom stereocenters. The van der Waals surface area contributed by atoms with Gasteiger partial charge in [0.2, 0.25) is 0 Å². The molecule has 1 atom stereocenters. The van der Waals surface area contributed by atoms with Crippen molar-refractivity contribution in [2.75, 3.05) is 13.1 Å². The molecule has 3 heterocycles. The largest absolute Gasteiger partial charge is 0.317 e.